The van der Waals surface area contributed by atoms with Crippen molar-refractivity contribution in [3.63, 3.8) is 0 Å². The van der Waals surface area contributed by atoms with Gasteiger partial charge in [0.25, 0.3) is 0 Å². The minimum absolute atomic E-state index is 0.913. The van der Waals surface area contributed by atoms with Crippen LogP contribution in [0.25, 0.3) is 22.3 Å². The molecule has 82 valence electrons. The van der Waals surface area contributed by atoms with Gasteiger partial charge >= 0.3 is 0 Å². The summed E-state index contributed by atoms with van der Waals surface area (Å²) < 4.78 is 0. The van der Waals surface area contributed by atoms with Gasteiger partial charge in [0.1, 0.15) is 0 Å². The molecule has 0 N–H and O–H groups in total. The van der Waals surface area contributed by atoms with Gasteiger partial charge in [0.2, 0.25) is 0 Å². The SMILES string of the molecule is Cc1cccc2nc(-c3ccccn3)ccc12. The summed E-state index contributed by atoms with van der Waals surface area (Å²) in [5, 5.41) is 1.20. The van der Waals surface area contributed by atoms with Crippen LogP contribution in [0.1, 0.15) is 5.56 Å². The molecule has 0 saturated carbocycles. The van der Waals surface area contributed by atoms with Gasteiger partial charge in [-0.05, 0) is 36.8 Å². The van der Waals surface area contributed by atoms with Gasteiger partial charge in [0, 0.05) is 11.6 Å². The zero-order valence-electron chi connectivity index (χ0n) is 9.59. The molecular weight excluding hydrogens is 208 g/mol. The quantitative estimate of drug-likeness (QED) is 0.626. The summed E-state index contributed by atoms with van der Waals surface area (Å²) in [7, 11) is 0. The van der Waals surface area contributed by atoms with Crippen LogP contribution in [0.2, 0.25) is 0 Å². The summed E-state index contributed by atoms with van der Waals surface area (Å²) in [6.07, 6.45) is 1.79. The van der Waals surface area contributed by atoms with Crippen molar-refractivity contribution < 1.29 is 0 Å². The van der Waals surface area contributed by atoms with Crippen LogP contribution in [0.3, 0.4) is 0 Å². The van der Waals surface area contributed by atoms with Crippen molar-refractivity contribution in [1.29, 1.82) is 0 Å². The van der Waals surface area contributed by atoms with E-state index in [1.165, 1.54) is 10.9 Å². The van der Waals surface area contributed by atoms with Crippen molar-refractivity contribution in [1.82, 2.24) is 9.97 Å². The van der Waals surface area contributed by atoms with Gasteiger partial charge in [0.15, 0.2) is 0 Å². The number of pyridine rings is 2. The highest BCUT2D eigenvalue weighted by Gasteiger charge is 2.02. The predicted octanol–water partition coefficient (Wildman–Crippen LogP) is 3.61. The van der Waals surface area contributed by atoms with E-state index in [1.54, 1.807) is 6.20 Å². The Labute approximate surface area is 100.0 Å². The molecule has 0 amide bonds. The largest absolute Gasteiger partial charge is 0.255 e. The molecule has 0 aliphatic carbocycles. The molecule has 0 radical (unpaired) electrons. The van der Waals surface area contributed by atoms with Crippen molar-refractivity contribution >= 4 is 10.9 Å². The van der Waals surface area contributed by atoms with E-state index in [1.807, 2.05) is 36.4 Å². The number of hydrogen-bond acceptors (Lipinski definition) is 2. The Morgan fingerprint density at radius 1 is 0.824 bits per heavy atom. The van der Waals surface area contributed by atoms with Gasteiger partial charge in [0.05, 0.1) is 16.9 Å². The Morgan fingerprint density at radius 2 is 1.76 bits per heavy atom. The molecule has 1 aromatic carbocycles. The summed E-state index contributed by atoms with van der Waals surface area (Å²) >= 11 is 0. The Morgan fingerprint density at radius 3 is 2.59 bits per heavy atom. The van der Waals surface area contributed by atoms with Crippen molar-refractivity contribution in [2.24, 2.45) is 0 Å². The van der Waals surface area contributed by atoms with E-state index in [2.05, 4.69) is 29.0 Å². The van der Waals surface area contributed by atoms with Crippen molar-refractivity contribution in [3.8, 4) is 11.4 Å². The fourth-order valence-corrected chi connectivity index (χ4v) is 1.97. The predicted molar refractivity (Wildman–Crippen MR) is 69.7 cm³/mol. The van der Waals surface area contributed by atoms with E-state index in [0.29, 0.717) is 0 Å². The van der Waals surface area contributed by atoms with Crippen molar-refractivity contribution in [2.45, 2.75) is 6.92 Å². The summed E-state index contributed by atoms with van der Waals surface area (Å²) in [5.74, 6) is 0. The second-order valence-corrected chi connectivity index (χ2v) is 4.05. The van der Waals surface area contributed by atoms with Gasteiger partial charge in [-0.1, -0.05) is 24.3 Å². The maximum atomic E-state index is 4.64. The van der Waals surface area contributed by atoms with E-state index < -0.39 is 0 Å². The third-order valence-electron chi connectivity index (χ3n) is 2.88. The van der Waals surface area contributed by atoms with Crippen LogP contribution >= 0.6 is 0 Å². The molecule has 0 unspecified atom stereocenters. The first-order chi connectivity index (χ1) is 8.34. The number of aromatic nitrogens is 2. The molecule has 0 spiro atoms. The average molecular weight is 220 g/mol. The molecule has 0 aliphatic rings. The molecule has 0 saturated heterocycles. The van der Waals surface area contributed by atoms with Crippen LogP contribution in [0.15, 0.2) is 54.7 Å². The molecule has 2 aromatic heterocycles. The van der Waals surface area contributed by atoms with Crippen LogP contribution in [0.5, 0.6) is 0 Å². The molecule has 0 atom stereocenters. The average Bonchev–Trinajstić information content (AvgIpc) is 2.40. The van der Waals surface area contributed by atoms with Gasteiger partial charge in [-0.2, -0.15) is 0 Å². The maximum absolute atomic E-state index is 4.64. The fraction of sp³-hybridized carbons (Fsp3) is 0.0667. The highest BCUT2D eigenvalue weighted by atomic mass is 14.8. The molecule has 0 aliphatic heterocycles. The molecule has 17 heavy (non-hydrogen) atoms. The zero-order chi connectivity index (χ0) is 11.7. The highest BCUT2D eigenvalue weighted by molar-refractivity contribution is 5.84. The molecule has 0 bridgehead atoms. The van der Waals surface area contributed by atoms with E-state index in [9.17, 15) is 0 Å². The number of benzene rings is 1. The lowest BCUT2D eigenvalue weighted by molar-refractivity contribution is 1.27. The first kappa shape index (κ1) is 9.97. The van der Waals surface area contributed by atoms with E-state index in [0.717, 1.165) is 16.9 Å². The molecule has 2 nitrogen and oxygen atoms in total. The van der Waals surface area contributed by atoms with Crippen LogP contribution < -0.4 is 0 Å². The third kappa shape index (κ3) is 1.78. The lowest BCUT2D eigenvalue weighted by Crippen LogP contribution is -1.88. The van der Waals surface area contributed by atoms with Gasteiger partial charge < -0.3 is 0 Å². The van der Waals surface area contributed by atoms with Crippen LogP contribution in [0.4, 0.5) is 0 Å². The number of hydrogen-bond donors (Lipinski definition) is 0. The summed E-state index contributed by atoms with van der Waals surface area (Å²) in [6.45, 7) is 2.10. The van der Waals surface area contributed by atoms with E-state index in [-0.39, 0.29) is 0 Å². The number of aryl methyl sites for hydroxylation is 1. The molecule has 0 fully saturated rings. The standard InChI is InChI=1S/C15H12N2/c1-11-5-4-7-13-12(11)8-9-15(17-13)14-6-2-3-10-16-14/h2-10H,1H3. The Bertz CT molecular complexity index is 660. The highest BCUT2D eigenvalue weighted by Crippen LogP contribution is 2.21. The van der Waals surface area contributed by atoms with Gasteiger partial charge in [-0.25, -0.2) is 4.98 Å². The first-order valence-corrected chi connectivity index (χ1v) is 5.62. The Hall–Kier alpha value is -2.22. The Balaban J connectivity index is 2.21. The third-order valence-corrected chi connectivity index (χ3v) is 2.88. The topological polar surface area (TPSA) is 25.8 Å². The summed E-state index contributed by atoms with van der Waals surface area (Å²) in [5.41, 5.74) is 4.11. The first-order valence-electron chi connectivity index (χ1n) is 5.62. The molecule has 2 heteroatoms. The molecular formula is C15H12N2. The minimum atomic E-state index is 0.913. The van der Waals surface area contributed by atoms with Gasteiger partial charge in [-0.3, -0.25) is 4.98 Å². The van der Waals surface area contributed by atoms with Crippen LogP contribution in [-0.4, -0.2) is 9.97 Å². The second kappa shape index (κ2) is 3.98. The van der Waals surface area contributed by atoms with Gasteiger partial charge in [-0.15, -0.1) is 0 Å². The monoisotopic (exact) mass is 220 g/mol. The molecule has 2 heterocycles. The molecule has 3 aromatic rings. The van der Waals surface area contributed by atoms with Crippen molar-refractivity contribution in [2.75, 3.05) is 0 Å². The molecule has 3 rings (SSSR count). The number of rotatable bonds is 1. The van der Waals surface area contributed by atoms with Crippen LogP contribution in [-0.2, 0) is 0 Å². The number of nitrogens with zero attached hydrogens (tertiary/aromatic N) is 2. The van der Waals surface area contributed by atoms with E-state index in [4.69, 9.17) is 0 Å². The lowest BCUT2D eigenvalue weighted by Gasteiger charge is -2.04. The normalized spacial score (nSPS) is 10.6. The van der Waals surface area contributed by atoms with Crippen molar-refractivity contribution in [3.05, 3.63) is 60.3 Å². The zero-order valence-corrected chi connectivity index (χ0v) is 9.59. The van der Waals surface area contributed by atoms with E-state index >= 15 is 0 Å². The Kier molecular flexibility index (Phi) is 2.33. The summed E-state index contributed by atoms with van der Waals surface area (Å²) in [4.78, 5) is 8.96. The number of fused-ring (bicyclic) bond motifs is 1. The lowest BCUT2D eigenvalue weighted by atomic mass is 10.1. The second-order valence-electron chi connectivity index (χ2n) is 4.05. The fourth-order valence-electron chi connectivity index (χ4n) is 1.97. The smallest absolute Gasteiger partial charge is 0.0893 e. The van der Waals surface area contributed by atoms with Crippen LogP contribution in [0, 0.1) is 6.92 Å². The minimum Gasteiger partial charge on any atom is -0.255 e. The maximum Gasteiger partial charge on any atom is 0.0893 e. The summed E-state index contributed by atoms with van der Waals surface area (Å²) in [6, 6.07) is 16.2.